The van der Waals surface area contributed by atoms with Gasteiger partial charge in [0.1, 0.15) is 0 Å². The average molecular weight is 409 g/mol. The van der Waals surface area contributed by atoms with E-state index in [-0.39, 0.29) is 24.2 Å². The molecule has 2 heterocycles. The van der Waals surface area contributed by atoms with Gasteiger partial charge in [0.25, 0.3) is 0 Å². The molecule has 1 saturated heterocycles. The smallest absolute Gasteiger partial charge is 0.231 e. The first kappa shape index (κ1) is 20.1. The number of amides is 1. The first-order valence-electron chi connectivity index (χ1n) is 8.90. The third-order valence-electron chi connectivity index (χ3n) is 4.84. The number of carbonyl (C=O) groups excluding carboxylic acids is 2. The van der Waals surface area contributed by atoms with E-state index in [4.69, 9.17) is 23.2 Å². The van der Waals surface area contributed by atoms with Gasteiger partial charge in [0, 0.05) is 37.4 Å². The maximum atomic E-state index is 12.9. The van der Waals surface area contributed by atoms with E-state index in [2.05, 4.69) is 4.90 Å². The summed E-state index contributed by atoms with van der Waals surface area (Å²) in [6, 6.07) is 5.16. The fourth-order valence-electron chi connectivity index (χ4n) is 3.37. The van der Waals surface area contributed by atoms with Crippen molar-refractivity contribution in [1.29, 1.82) is 0 Å². The first-order chi connectivity index (χ1) is 12.8. The average Bonchev–Trinajstić information content (AvgIpc) is 3.02. The summed E-state index contributed by atoms with van der Waals surface area (Å²) in [7, 11) is 0. The highest BCUT2D eigenvalue weighted by atomic mass is 35.5. The van der Waals surface area contributed by atoms with Crippen LogP contribution in [0.5, 0.6) is 0 Å². The highest BCUT2D eigenvalue weighted by Gasteiger charge is 2.27. The fraction of sp³-hybridized carbons (Fsp3) is 0.400. The predicted molar refractivity (Wildman–Crippen MR) is 106 cm³/mol. The Labute approximate surface area is 168 Å². The van der Waals surface area contributed by atoms with Gasteiger partial charge in [0.05, 0.1) is 22.6 Å². The predicted octanol–water partition coefficient (Wildman–Crippen LogP) is 2.84. The van der Waals surface area contributed by atoms with Crippen molar-refractivity contribution >= 4 is 34.9 Å². The molecule has 1 aromatic rings. The van der Waals surface area contributed by atoms with E-state index in [1.54, 1.807) is 35.3 Å². The van der Waals surface area contributed by atoms with Gasteiger partial charge in [0.2, 0.25) is 5.91 Å². The number of hydrogen-bond donors (Lipinski definition) is 1. The van der Waals surface area contributed by atoms with E-state index in [0.717, 1.165) is 24.2 Å². The monoisotopic (exact) mass is 408 g/mol. The van der Waals surface area contributed by atoms with Crippen LogP contribution in [0.2, 0.25) is 10.0 Å². The van der Waals surface area contributed by atoms with Crippen molar-refractivity contribution < 1.29 is 14.7 Å². The van der Waals surface area contributed by atoms with Gasteiger partial charge in [-0.2, -0.15) is 0 Å². The summed E-state index contributed by atoms with van der Waals surface area (Å²) in [5.74, 6) is -0.0937. The number of aliphatic hydroxyl groups is 1. The third-order valence-corrected chi connectivity index (χ3v) is 5.58. The molecule has 0 aliphatic carbocycles. The molecule has 1 fully saturated rings. The largest absolute Gasteiger partial charge is 0.392 e. The second kappa shape index (κ2) is 8.57. The van der Waals surface area contributed by atoms with E-state index in [9.17, 15) is 14.7 Å². The number of likely N-dealkylation sites (tertiary alicyclic amines) is 1. The standard InChI is InChI=1S/C20H22Cl2N2O3/c1-13(25)15-4-7-24(16(10-15)11-23-6-5-17(26)12-23)20(27)9-14-2-3-18(21)19(22)8-14/h2-4,8,10,17,26H,5-7,9,11-12H2,1H3/t17-/m0/s1. The second-order valence-electron chi connectivity index (χ2n) is 6.96. The molecule has 144 valence electrons. The Morgan fingerprint density at radius 3 is 2.67 bits per heavy atom. The van der Waals surface area contributed by atoms with Crippen molar-refractivity contribution in [2.24, 2.45) is 0 Å². The van der Waals surface area contributed by atoms with Crippen molar-refractivity contribution in [2.75, 3.05) is 26.2 Å². The van der Waals surface area contributed by atoms with Gasteiger partial charge < -0.3 is 10.0 Å². The van der Waals surface area contributed by atoms with Crippen LogP contribution in [0.1, 0.15) is 18.9 Å². The van der Waals surface area contributed by atoms with Crippen LogP contribution in [0.4, 0.5) is 0 Å². The maximum Gasteiger partial charge on any atom is 0.231 e. The van der Waals surface area contributed by atoms with Crippen molar-refractivity contribution in [3.05, 3.63) is 57.2 Å². The first-order valence-corrected chi connectivity index (χ1v) is 9.65. The summed E-state index contributed by atoms with van der Waals surface area (Å²) in [5.41, 5.74) is 2.18. The zero-order valence-electron chi connectivity index (χ0n) is 15.1. The third kappa shape index (κ3) is 4.99. The zero-order chi connectivity index (χ0) is 19.6. The van der Waals surface area contributed by atoms with Gasteiger partial charge in [-0.15, -0.1) is 0 Å². The second-order valence-corrected chi connectivity index (χ2v) is 7.77. The summed E-state index contributed by atoms with van der Waals surface area (Å²) in [5, 5.41) is 10.6. The molecule has 2 aliphatic heterocycles. The van der Waals surface area contributed by atoms with Crippen molar-refractivity contribution in [3.63, 3.8) is 0 Å². The van der Waals surface area contributed by atoms with Gasteiger partial charge in [-0.1, -0.05) is 35.3 Å². The maximum absolute atomic E-state index is 12.9. The summed E-state index contributed by atoms with van der Waals surface area (Å²) < 4.78 is 0. The lowest BCUT2D eigenvalue weighted by Gasteiger charge is -2.30. The lowest BCUT2D eigenvalue weighted by molar-refractivity contribution is -0.128. The Hall–Kier alpha value is -1.66. The van der Waals surface area contributed by atoms with Crippen molar-refractivity contribution in [3.8, 4) is 0 Å². The lowest BCUT2D eigenvalue weighted by Crippen LogP contribution is -2.39. The lowest BCUT2D eigenvalue weighted by atomic mass is 10.0. The van der Waals surface area contributed by atoms with Gasteiger partial charge in [0.15, 0.2) is 5.78 Å². The fourth-order valence-corrected chi connectivity index (χ4v) is 3.69. The van der Waals surface area contributed by atoms with E-state index < -0.39 is 0 Å². The number of Topliss-reactive ketones (excluding diaryl/α,β-unsaturated/α-hetero) is 1. The highest BCUT2D eigenvalue weighted by Crippen LogP contribution is 2.24. The summed E-state index contributed by atoms with van der Waals surface area (Å²) >= 11 is 12.0. The Kier molecular flexibility index (Phi) is 6.37. The Morgan fingerprint density at radius 2 is 2.04 bits per heavy atom. The topological polar surface area (TPSA) is 60.9 Å². The molecular weight excluding hydrogens is 387 g/mol. The molecule has 0 saturated carbocycles. The highest BCUT2D eigenvalue weighted by molar-refractivity contribution is 6.42. The molecule has 3 rings (SSSR count). The minimum Gasteiger partial charge on any atom is -0.392 e. The molecule has 2 aliphatic rings. The van der Waals surface area contributed by atoms with E-state index >= 15 is 0 Å². The van der Waals surface area contributed by atoms with Crippen LogP contribution < -0.4 is 0 Å². The molecule has 1 amide bonds. The van der Waals surface area contributed by atoms with Crippen LogP contribution in [-0.4, -0.2) is 58.9 Å². The molecule has 0 aromatic heterocycles. The minimum atomic E-state index is -0.336. The molecule has 7 heteroatoms. The molecule has 1 atom stereocenters. The molecule has 0 radical (unpaired) electrons. The molecule has 1 N–H and O–H groups in total. The van der Waals surface area contributed by atoms with Crippen molar-refractivity contribution in [1.82, 2.24) is 9.80 Å². The SMILES string of the molecule is CC(=O)C1=CCN(C(=O)Cc2ccc(Cl)c(Cl)c2)C(CN2CC[C@H](O)C2)=C1. The van der Waals surface area contributed by atoms with Crippen LogP contribution in [0.3, 0.4) is 0 Å². The number of ketones is 1. The van der Waals surface area contributed by atoms with E-state index in [1.807, 2.05) is 0 Å². The van der Waals surface area contributed by atoms with Gasteiger partial charge in [-0.05, 0) is 37.1 Å². The van der Waals surface area contributed by atoms with Crippen LogP contribution in [0.25, 0.3) is 0 Å². The number of nitrogens with zero attached hydrogens (tertiary/aromatic N) is 2. The Bertz CT molecular complexity index is 819. The van der Waals surface area contributed by atoms with Crippen molar-refractivity contribution in [2.45, 2.75) is 25.9 Å². The van der Waals surface area contributed by atoms with Gasteiger partial charge in [-0.3, -0.25) is 14.5 Å². The summed E-state index contributed by atoms with van der Waals surface area (Å²) in [6.07, 6.45) is 4.14. The molecule has 0 spiro atoms. The molecule has 5 nitrogen and oxygen atoms in total. The molecular formula is C20H22Cl2N2O3. The molecule has 0 bridgehead atoms. The number of benzene rings is 1. The normalized spacial score (nSPS) is 20.4. The van der Waals surface area contributed by atoms with Crippen LogP contribution in [0, 0.1) is 0 Å². The van der Waals surface area contributed by atoms with Gasteiger partial charge in [-0.25, -0.2) is 0 Å². The number of hydrogen-bond acceptors (Lipinski definition) is 4. The van der Waals surface area contributed by atoms with Crippen LogP contribution in [0.15, 0.2) is 41.6 Å². The molecule has 27 heavy (non-hydrogen) atoms. The molecule has 1 aromatic carbocycles. The van der Waals surface area contributed by atoms with Crippen LogP contribution >= 0.6 is 23.2 Å². The zero-order valence-corrected chi connectivity index (χ0v) is 16.6. The summed E-state index contributed by atoms with van der Waals surface area (Å²) in [4.78, 5) is 28.5. The van der Waals surface area contributed by atoms with Gasteiger partial charge >= 0.3 is 0 Å². The number of rotatable bonds is 5. The van der Waals surface area contributed by atoms with Crippen LogP contribution in [-0.2, 0) is 16.0 Å². The number of halogens is 2. The van der Waals surface area contributed by atoms with E-state index in [0.29, 0.717) is 35.3 Å². The minimum absolute atomic E-state index is 0.0226. The Morgan fingerprint density at radius 1 is 1.26 bits per heavy atom. The number of aliphatic hydroxyl groups excluding tert-OH is 1. The van der Waals surface area contributed by atoms with E-state index in [1.165, 1.54) is 6.92 Å². The number of allylic oxidation sites excluding steroid dienone is 2. The molecule has 0 unspecified atom stereocenters. The summed E-state index contributed by atoms with van der Waals surface area (Å²) in [6.45, 7) is 3.75. The Balaban J connectivity index is 1.77. The quantitative estimate of drug-likeness (QED) is 0.813. The number of β-amino-alcohol motifs (C(OH)–C–C–N with tert-alkyl or cyclic N) is 1. The number of carbonyl (C=O) groups is 2.